The van der Waals surface area contributed by atoms with Gasteiger partial charge in [-0.05, 0) is 50.1 Å². The van der Waals surface area contributed by atoms with Gasteiger partial charge in [-0.2, -0.15) is 0 Å². The van der Waals surface area contributed by atoms with Crippen LogP contribution < -0.4 is 10.2 Å². The van der Waals surface area contributed by atoms with E-state index in [1.54, 1.807) is 40.1 Å². The van der Waals surface area contributed by atoms with Gasteiger partial charge in [-0.15, -0.1) is 0 Å². The van der Waals surface area contributed by atoms with E-state index in [1.165, 1.54) is 0 Å². The molecule has 2 aliphatic heterocycles. The third kappa shape index (κ3) is 3.27. The number of amides is 3. The number of halogens is 1. The van der Waals surface area contributed by atoms with Gasteiger partial charge < -0.3 is 10.2 Å². The van der Waals surface area contributed by atoms with E-state index in [4.69, 9.17) is 11.6 Å². The Bertz CT molecular complexity index is 1020. The third-order valence-electron chi connectivity index (χ3n) is 5.78. The molecule has 2 aliphatic rings. The van der Waals surface area contributed by atoms with Crippen molar-refractivity contribution in [2.24, 2.45) is 0 Å². The fourth-order valence-electron chi connectivity index (χ4n) is 4.20. The molecule has 1 unspecified atom stereocenters. The SMILES string of the molecule is Cc1ccc(Cl)cc1NC(=O)CCN1C(=O)c2ccccc2N2C(=O)CCC12C. The molecule has 0 saturated carbocycles. The van der Waals surface area contributed by atoms with E-state index in [9.17, 15) is 14.4 Å². The Morgan fingerprint density at radius 3 is 2.76 bits per heavy atom. The number of carbonyl (C=O) groups is 3. The van der Waals surface area contributed by atoms with Gasteiger partial charge in [0.25, 0.3) is 5.91 Å². The Balaban J connectivity index is 1.55. The summed E-state index contributed by atoms with van der Waals surface area (Å²) in [5.41, 5.74) is 1.95. The number of carbonyl (C=O) groups excluding carboxylic acids is 3. The molecule has 3 amide bonds. The second-order valence-corrected chi connectivity index (χ2v) is 8.11. The number of nitrogens with zero attached hydrogens (tertiary/aromatic N) is 2. The summed E-state index contributed by atoms with van der Waals surface area (Å²) in [6, 6.07) is 12.5. The number of benzene rings is 2. The number of fused-ring (bicyclic) bond motifs is 3. The van der Waals surface area contributed by atoms with Crippen LogP contribution in [-0.2, 0) is 9.59 Å². The molecule has 150 valence electrons. The van der Waals surface area contributed by atoms with E-state index in [0.29, 0.717) is 34.8 Å². The summed E-state index contributed by atoms with van der Waals surface area (Å²) in [6.07, 6.45) is 1.04. The Labute approximate surface area is 174 Å². The third-order valence-corrected chi connectivity index (χ3v) is 6.02. The molecule has 1 fully saturated rings. The lowest BCUT2D eigenvalue weighted by Crippen LogP contribution is -2.62. The normalized spacial score (nSPS) is 20.5. The van der Waals surface area contributed by atoms with Crippen LogP contribution in [0.1, 0.15) is 42.1 Å². The van der Waals surface area contributed by atoms with Crippen molar-refractivity contribution >= 4 is 40.7 Å². The molecule has 0 spiro atoms. The number of nitrogens with one attached hydrogen (secondary N) is 1. The summed E-state index contributed by atoms with van der Waals surface area (Å²) < 4.78 is 0. The monoisotopic (exact) mass is 411 g/mol. The van der Waals surface area contributed by atoms with Crippen LogP contribution >= 0.6 is 11.6 Å². The second kappa shape index (κ2) is 7.19. The van der Waals surface area contributed by atoms with Gasteiger partial charge in [-0.3, -0.25) is 19.3 Å². The quantitative estimate of drug-likeness (QED) is 0.827. The lowest BCUT2D eigenvalue weighted by molar-refractivity contribution is -0.117. The van der Waals surface area contributed by atoms with E-state index in [0.717, 1.165) is 5.56 Å². The van der Waals surface area contributed by atoms with Crippen molar-refractivity contribution in [1.29, 1.82) is 0 Å². The van der Waals surface area contributed by atoms with Crippen molar-refractivity contribution in [3.63, 3.8) is 0 Å². The Morgan fingerprint density at radius 2 is 1.97 bits per heavy atom. The summed E-state index contributed by atoms with van der Waals surface area (Å²) in [5.74, 6) is -0.362. The van der Waals surface area contributed by atoms with Crippen LogP contribution in [-0.4, -0.2) is 34.8 Å². The molecule has 4 rings (SSSR count). The average molecular weight is 412 g/mol. The number of rotatable bonds is 4. The first kappa shape index (κ1) is 19.5. The summed E-state index contributed by atoms with van der Waals surface area (Å²) in [5, 5.41) is 3.41. The van der Waals surface area contributed by atoms with Crippen molar-refractivity contribution in [1.82, 2.24) is 4.90 Å². The van der Waals surface area contributed by atoms with Gasteiger partial charge in [0.2, 0.25) is 11.8 Å². The Hall–Kier alpha value is -2.86. The molecule has 0 bridgehead atoms. The zero-order chi connectivity index (χ0) is 20.8. The molecule has 6 nitrogen and oxygen atoms in total. The zero-order valence-corrected chi connectivity index (χ0v) is 17.1. The van der Waals surface area contributed by atoms with E-state index in [2.05, 4.69) is 5.32 Å². The summed E-state index contributed by atoms with van der Waals surface area (Å²) in [6.45, 7) is 4.00. The predicted molar refractivity (Wildman–Crippen MR) is 112 cm³/mol. The number of hydrogen-bond acceptors (Lipinski definition) is 3. The molecule has 29 heavy (non-hydrogen) atoms. The lowest BCUT2D eigenvalue weighted by atomic mass is 9.98. The Kier molecular flexibility index (Phi) is 4.82. The van der Waals surface area contributed by atoms with Crippen LogP contribution in [0, 0.1) is 6.92 Å². The molecule has 0 aliphatic carbocycles. The minimum Gasteiger partial charge on any atom is -0.326 e. The molecule has 2 aromatic carbocycles. The topological polar surface area (TPSA) is 69.7 Å². The van der Waals surface area contributed by atoms with Crippen molar-refractivity contribution in [3.05, 3.63) is 58.6 Å². The minimum absolute atomic E-state index is 0.00328. The van der Waals surface area contributed by atoms with Crippen molar-refractivity contribution in [2.45, 2.75) is 38.8 Å². The maximum atomic E-state index is 13.2. The van der Waals surface area contributed by atoms with Crippen LogP contribution in [0.15, 0.2) is 42.5 Å². The van der Waals surface area contributed by atoms with Gasteiger partial charge in [0, 0.05) is 30.1 Å². The zero-order valence-electron chi connectivity index (χ0n) is 16.4. The van der Waals surface area contributed by atoms with Gasteiger partial charge in [0.1, 0.15) is 5.66 Å². The number of anilines is 2. The fraction of sp³-hybridized carbons (Fsp3) is 0.318. The van der Waals surface area contributed by atoms with E-state index in [-0.39, 0.29) is 30.7 Å². The minimum atomic E-state index is -0.755. The predicted octanol–water partition coefficient (Wildman–Crippen LogP) is 3.98. The van der Waals surface area contributed by atoms with Gasteiger partial charge in [0.05, 0.1) is 11.3 Å². The highest BCUT2D eigenvalue weighted by molar-refractivity contribution is 6.31. The second-order valence-electron chi connectivity index (χ2n) is 7.68. The molecule has 0 radical (unpaired) electrons. The van der Waals surface area contributed by atoms with Crippen LogP contribution in [0.4, 0.5) is 11.4 Å². The lowest BCUT2D eigenvalue weighted by Gasteiger charge is -2.48. The maximum Gasteiger partial charge on any atom is 0.257 e. The largest absolute Gasteiger partial charge is 0.326 e. The standard InChI is InChI=1S/C22H22ClN3O3/c1-14-7-8-15(23)13-17(14)24-19(27)10-12-25-21(29)16-5-3-4-6-18(16)26-20(28)9-11-22(25,26)2/h3-8,13H,9-12H2,1-2H3,(H,24,27). The highest BCUT2D eigenvalue weighted by Gasteiger charge is 2.52. The smallest absolute Gasteiger partial charge is 0.257 e. The first-order valence-electron chi connectivity index (χ1n) is 9.61. The molecule has 2 aromatic rings. The van der Waals surface area contributed by atoms with Crippen LogP contribution in [0.25, 0.3) is 0 Å². The molecule has 1 saturated heterocycles. The van der Waals surface area contributed by atoms with E-state index < -0.39 is 5.66 Å². The molecular formula is C22H22ClN3O3. The van der Waals surface area contributed by atoms with E-state index in [1.807, 2.05) is 26.0 Å². The summed E-state index contributed by atoms with van der Waals surface area (Å²) >= 11 is 6.02. The Morgan fingerprint density at radius 1 is 1.21 bits per heavy atom. The molecule has 0 aromatic heterocycles. The molecule has 1 atom stereocenters. The number of para-hydroxylation sites is 1. The highest BCUT2D eigenvalue weighted by atomic mass is 35.5. The van der Waals surface area contributed by atoms with Gasteiger partial charge >= 0.3 is 0 Å². The fourth-order valence-corrected chi connectivity index (χ4v) is 4.37. The van der Waals surface area contributed by atoms with Crippen molar-refractivity contribution in [2.75, 3.05) is 16.8 Å². The average Bonchev–Trinajstić information content (AvgIpc) is 3.00. The van der Waals surface area contributed by atoms with E-state index >= 15 is 0 Å². The summed E-state index contributed by atoms with van der Waals surface area (Å²) in [4.78, 5) is 41.7. The summed E-state index contributed by atoms with van der Waals surface area (Å²) in [7, 11) is 0. The molecule has 1 N–H and O–H groups in total. The highest BCUT2D eigenvalue weighted by Crippen LogP contribution is 2.43. The van der Waals surface area contributed by atoms with Crippen LogP contribution in [0.2, 0.25) is 5.02 Å². The van der Waals surface area contributed by atoms with Crippen LogP contribution in [0.5, 0.6) is 0 Å². The number of aryl methyl sites for hydroxylation is 1. The van der Waals surface area contributed by atoms with Crippen molar-refractivity contribution in [3.8, 4) is 0 Å². The van der Waals surface area contributed by atoms with Gasteiger partial charge in [-0.25, -0.2) is 0 Å². The first-order chi connectivity index (χ1) is 13.8. The van der Waals surface area contributed by atoms with Gasteiger partial charge in [-0.1, -0.05) is 29.8 Å². The first-order valence-corrected chi connectivity index (χ1v) is 9.99. The number of hydrogen-bond donors (Lipinski definition) is 1. The molecular weight excluding hydrogens is 390 g/mol. The maximum absolute atomic E-state index is 13.2. The van der Waals surface area contributed by atoms with Crippen LogP contribution in [0.3, 0.4) is 0 Å². The van der Waals surface area contributed by atoms with Crippen molar-refractivity contribution < 1.29 is 14.4 Å². The molecule has 2 heterocycles. The molecule has 7 heteroatoms. The van der Waals surface area contributed by atoms with Gasteiger partial charge in [0.15, 0.2) is 0 Å².